The maximum Gasteiger partial charge on any atom is 0.176 e. The van der Waals surface area contributed by atoms with Crippen molar-refractivity contribution in [1.82, 2.24) is 9.78 Å². The summed E-state index contributed by atoms with van der Waals surface area (Å²) >= 11 is 35.9. The molecular formula is C17H11Cl5N4S. The van der Waals surface area contributed by atoms with Crippen LogP contribution in [0.1, 0.15) is 5.56 Å². The normalized spacial score (nSPS) is 10.7. The van der Waals surface area contributed by atoms with Crippen LogP contribution < -0.4 is 10.6 Å². The van der Waals surface area contributed by atoms with E-state index in [1.165, 1.54) is 0 Å². The van der Waals surface area contributed by atoms with Crippen LogP contribution in [-0.4, -0.2) is 14.9 Å². The van der Waals surface area contributed by atoms with Crippen LogP contribution in [0.5, 0.6) is 0 Å². The lowest BCUT2D eigenvalue weighted by molar-refractivity contribution is 0.690. The van der Waals surface area contributed by atoms with Crippen LogP contribution in [-0.2, 0) is 6.54 Å². The number of thiocarbonyl (C=S) groups is 1. The Bertz CT molecular complexity index is 985. The standard InChI is InChI=1S/C17H11Cl5N4S/c18-9-4-5-15(13(21)6-9)23-17(27)24-16-14(22)8-26(25-16)7-10-11(19)2-1-3-12(10)20/h1-6,8H,7H2,(H2,23,24,25,27). The molecule has 0 aliphatic heterocycles. The molecule has 0 spiro atoms. The fourth-order valence-corrected chi connectivity index (χ4v) is 3.64. The van der Waals surface area contributed by atoms with E-state index in [-0.39, 0.29) is 5.11 Å². The lowest BCUT2D eigenvalue weighted by Gasteiger charge is -2.11. The van der Waals surface area contributed by atoms with Gasteiger partial charge in [0.25, 0.3) is 0 Å². The molecule has 2 N–H and O–H groups in total. The van der Waals surface area contributed by atoms with E-state index in [0.717, 1.165) is 5.56 Å². The van der Waals surface area contributed by atoms with Gasteiger partial charge in [-0.2, -0.15) is 5.10 Å². The molecule has 1 aromatic heterocycles. The Labute approximate surface area is 186 Å². The fourth-order valence-electron chi connectivity index (χ4n) is 2.26. The van der Waals surface area contributed by atoms with E-state index in [1.807, 2.05) is 0 Å². The topological polar surface area (TPSA) is 41.9 Å². The third-order valence-corrected chi connectivity index (χ3v) is 5.25. The van der Waals surface area contributed by atoms with E-state index in [0.29, 0.717) is 43.2 Å². The molecule has 27 heavy (non-hydrogen) atoms. The summed E-state index contributed by atoms with van der Waals surface area (Å²) in [4.78, 5) is 0. The van der Waals surface area contributed by atoms with Gasteiger partial charge in [-0.3, -0.25) is 4.68 Å². The van der Waals surface area contributed by atoms with Crippen molar-refractivity contribution in [2.45, 2.75) is 6.54 Å². The first-order valence-corrected chi connectivity index (χ1v) is 9.82. The van der Waals surface area contributed by atoms with E-state index in [2.05, 4.69) is 15.7 Å². The number of anilines is 2. The van der Waals surface area contributed by atoms with Crippen molar-refractivity contribution in [3.63, 3.8) is 0 Å². The Hall–Kier alpha value is -1.21. The molecule has 0 unspecified atom stereocenters. The van der Waals surface area contributed by atoms with Gasteiger partial charge < -0.3 is 10.6 Å². The highest BCUT2D eigenvalue weighted by Gasteiger charge is 2.12. The number of benzene rings is 2. The van der Waals surface area contributed by atoms with Crippen molar-refractivity contribution in [3.05, 3.63) is 73.3 Å². The molecular weight excluding hydrogens is 470 g/mol. The van der Waals surface area contributed by atoms with Gasteiger partial charge in [-0.15, -0.1) is 0 Å². The van der Waals surface area contributed by atoms with Crippen LogP contribution in [0, 0.1) is 0 Å². The minimum Gasteiger partial charge on any atom is -0.331 e. The lowest BCUT2D eigenvalue weighted by Crippen LogP contribution is -2.20. The van der Waals surface area contributed by atoms with Gasteiger partial charge >= 0.3 is 0 Å². The van der Waals surface area contributed by atoms with Gasteiger partial charge in [-0.25, -0.2) is 0 Å². The molecule has 0 aliphatic carbocycles. The second-order valence-corrected chi connectivity index (χ2v) is 7.90. The first-order valence-electron chi connectivity index (χ1n) is 7.52. The summed E-state index contributed by atoms with van der Waals surface area (Å²) in [6.07, 6.45) is 1.65. The Morgan fingerprint density at radius 3 is 2.30 bits per heavy atom. The van der Waals surface area contributed by atoms with E-state index < -0.39 is 0 Å². The largest absolute Gasteiger partial charge is 0.331 e. The van der Waals surface area contributed by atoms with Crippen LogP contribution in [0.15, 0.2) is 42.6 Å². The van der Waals surface area contributed by atoms with E-state index in [1.54, 1.807) is 47.3 Å². The first-order chi connectivity index (χ1) is 12.8. The molecule has 4 nitrogen and oxygen atoms in total. The molecule has 0 fully saturated rings. The van der Waals surface area contributed by atoms with E-state index in [4.69, 9.17) is 70.2 Å². The first kappa shape index (κ1) is 20.5. The monoisotopic (exact) mass is 478 g/mol. The number of hydrogen-bond acceptors (Lipinski definition) is 2. The van der Waals surface area contributed by atoms with E-state index >= 15 is 0 Å². The predicted molar refractivity (Wildman–Crippen MR) is 119 cm³/mol. The molecule has 0 bridgehead atoms. The molecule has 0 saturated heterocycles. The quantitative estimate of drug-likeness (QED) is 0.394. The summed E-state index contributed by atoms with van der Waals surface area (Å²) in [6.45, 7) is 0.364. The maximum absolute atomic E-state index is 6.25. The van der Waals surface area contributed by atoms with Crippen LogP contribution in [0.2, 0.25) is 25.1 Å². The Morgan fingerprint density at radius 1 is 0.926 bits per heavy atom. The predicted octanol–water partition coefficient (Wildman–Crippen LogP) is 7.01. The Morgan fingerprint density at radius 2 is 1.63 bits per heavy atom. The van der Waals surface area contributed by atoms with Crippen LogP contribution >= 0.6 is 70.2 Å². The Kier molecular flexibility index (Phi) is 6.74. The minimum atomic E-state index is 0.280. The highest BCUT2D eigenvalue weighted by Crippen LogP contribution is 2.28. The molecule has 0 amide bonds. The van der Waals surface area contributed by atoms with Crippen molar-refractivity contribution < 1.29 is 0 Å². The molecule has 0 saturated carbocycles. The molecule has 3 aromatic rings. The highest BCUT2D eigenvalue weighted by molar-refractivity contribution is 7.80. The highest BCUT2D eigenvalue weighted by atomic mass is 35.5. The summed E-state index contributed by atoms with van der Waals surface area (Å²) in [7, 11) is 0. The number of nitrogens with one attached hydrogen (secondary N) is 2. The summed E-state index contributed by atoms with van der Waals surface area (Å²) in [5.41, 5.74) is 1.36. The number of nitrogens with zero attached hydrogens (tertiary/aromatic N) is 2. The number of aromatic nitrogens is 2. The molecule has 0 radical (unpaired) electrons. The molecule has 1 heterocycles. The van der Waals surface area contributed by atoms with Gasteiger partial charge in [-0.1, -0.05) is 64.1 Å². The zero-order valence-corrected chi connectivity index (χ0v) is 18.0. The summed E-state index contributed by atoms with van der Waals surface area (Å²) in [5, 5.41) is 13.0. The number of halogens is 5. The smallest absolute Gasteiger partial charge is 0.176 e. The SMILES string of the molecule is S=C(Nc1ccc(Cl)cc1Cl)Nc1nn(Cc2c(Cl)cccc2Cl)cc1Cl. The van der Waals surface area contributed by atoms with Crippen molar-refractivity contribution >= 4 is 86.8 Å². The van der Waals surface area contributed by atoms with Gasteiger partial charge in [0.2, 0.25) is 0 Å². The van der Waals surface area contributed by atoms with Gasteiger partial charge in [-0.05, 0) is 42.5 Å². The third-order valence-electron chi connectivity index (χ3n) is 3.51. The summed E-state index contributed by atoms with van der Waals surface area (Å²) < 4.78 is 1.62. The van der Waals surface area contributed by atoms with Crippen molar-refractivity contribution in [2.24, 2.45) is 0 Å². The zero-order chi connectivity index (χ0) is 19.6. The van der Waals surface area contributed by atoms with E-state index in [9.17, 15) is 0 Å². The van der Waals surface area contributed by atoms with Crippen LogP contribution in [0.3, 0.4) is 0 Å². The molecule has 0 atom stereocenters. The van der Waals surface area contributed by atoms with Crippen molar-refractivity contribution in [2.75, 3.05) is 10.6 Å². The molecule has 3 rings (SSSR count). The van der Waals surface area contributed by atoms with Gasteiger partial charge in [0.05, 0.1) is 17.3 Å². The second-order valence-electron chi connectivity index (χ2n) is 5.43. The molecule has 140 valence electrons. The minimum absolute atomic E-state index is 0.280. The van der Waals surface area contributed by atoms with Gasteiger partial charge in [0.1, 0.15) is 5.02 Å². The second kappa shape index (κ2) is 8.86. The average Bonchev–Trinajstić information content (AvgIpc) is 2.93. The zero-order valence-electron chi connectivity index (χ0n) is 13.4. The fraction of sp³-hybridized carbons (Fsp3) is 0.0588. The number of rotatable bonds is 4. The summed E-state index contributed by atoms with van der Waals surface area (Å²) in [6, 6.07) is 10.3. The lowest BCUT2D eigenvalue weighted by atomic mass is 10.2. The van der Waals surface area contributed by atoms with Crippen LogP contribution in [0.25, 0.3) is 0 Å². The molecule has 0 aliphatic rings. The maximum atomic E-state index is 6.25. The summed E-state index contributed by atoms with van der Waals surface area (Å²) in [5.74, 6) is 0.391. The van der Waals surface area contributed by atoms with Gasteiger partial charge in [0.15, 0.2) is 10.9 Å². The number of hydrogen-bond donors (Lipinski definition) is 2. The molecule has 10 heteroatoms. The van der Waals surface area contributed by atoms with Crippen LogP contribution in [0.4, 0.5) is 11.5 Å². The third kappa shape index (κ3) is 5.19. The Balaban J connectivity index is 1.72. The average molecular weight is 481 g/mol. The molecule has 2 aromatic carbocycles. The van der Waals surface area contributed by atoms with Gasteiger partial charge in [0, 0.05) is 26.8 Å². The van der Waals surface area contributed by atoms with Crippen molar-refractivity contribution in [3.8, 4) is 0 Å². The van der Waals surface area contributed by atoms with Crippen molar-refractivity contribution in [1.29, 1.82) is 0 Å².